The van der Waals surface area contributed by atoms with Crippen LogP contribution in [0.5, 0.6) is 0 Å². The van der Waals surface area contributed by atoms with Crippen LogP contribution in [0, 0.1) is 11.3 Å². The lowest BCUT2D eigenvalue weighted by Gasteiger charge is -1.94. The summed E-state index contributed by atoms with van der Waals surface area (Å²) in [6, 6.07) is 5.15. The summed E-state index contributed by atoms with van der Waals surface area (Å²) < 4.78 is 0. The maximum absolute atomic E-state index is 10.4. The molecule has 0 saturated heterocycles. The van der Waals surface area contributed by atoms with Crippen molar-refractivity contribution in [2.45, 2.75) is 6.42 Å². The van der Waals surface area contributed by atoms with Gasteiger partial charge < -0.3 is 5.73 Å². The van der Waals surface area contributed by atoms with E-state index < -0.39 is 5.91 Å². The Balaban J connectivity index is 2.80. The van der Waals surface area contributed by atoms with Crippen molar-refractivity contribution in [1.82, 2.24) is 4.98 Å². The molecule has 2 N–H and O–H groups in total. The summed E-state index contributed by atoms with van der Waals surface area (Å²) in [6.45, 7) is 0. The van der Waals surface area contributed by atoms with Crippen LogP contribution in [-0.4, -0.2) is 10.9 Å². The van der Waals surface area contributed by atoms with E-state index >= 15 is 0 Å². The summed E-state index contributed by atoms with van der Waals surface area (Å²) in [5, 5.41) is 8.43. The lowest BCUT2D eigenvalue weighted by atomic mass is 10.2. The van der Waals surface area contributed by atoms with Crippen molar-refractivity contribution < 1.29 is 4.79 Å². The largest absolute Gasteiger partial charge is 0.369 e. The molecular formula is C8H7N3O. The first-order valence-electron chi connectivity index (χ1n) is 3.35. The highest BCUT2D eigenvalue weighted by Gasteiger charge is 1.98. The minimum Gasteiger partial charge on any atom is -0.369 e. The number of hydrogen-bond donors (Lipinski definition) is 1. The van der Waals surface area contributed by atoms with Gasteiger partial charge in [-0.25, -0.2) is 0 Å². The number of nitrogens with zero attached hydrogens (tertiary/aromatic N) is 2. The minimum absolute atomic E-state index is 0.117. The van der Waals surface area contributed by atoms with Gasteiger partial charge in [0.05, 0.1) is 12.0 Å². The van der Waals surface area contributed by atoms with Crippen LogP contribution in [0.4, 0.5) is 0 Å². The van der Waals surface area contributed by atoms with Crippen LogP contribution in [0.3, 0.4) is 0 Å². The van der Waals surface area contributed by atoms with Gasteiger partial charge in [-0.2, -0.15) is 5.26 Å². The summed E-state index contributed by atoms with van der Waals surface area (Å²) in [4.78, 5) is 14.3. The summed E-state index contributed by atoms with van der Waals surface area (Å²) in [5.74, 6) is -0.424. The Hall–Kier alpha value is -1.89. The Morgan fingerprint density at radius 1 is 1.67 bits per heavy atom. The van der Waals surface area contributed by atoms with Crippen molar-refractivity contribution in [2.75, 3.05) is 0 Å². The number of hydrogen-bond acceptors (Lipinski definition) is 3. The summed E-state index contributed by atoms with van der Waals surface area (Å²) in [6.07, 6.45) is 1.53. The van der Waals surface area contributed by atoms with Crippen molar-refractivity contribution in [3.05, 3.63) is 29.6 Å². The Labute approximate surface area is 69.6 Å². The molecule has 0 unspecified atom stereocenters. The number of carbonyl (C=O) groups excluding carboxylic acids is 1. The first kappa shape index (κ1) is 8.21. The fraction of sp³-hybridized carbons (Fsp3) is 0.125. The molecule has 0 fully saturated rings. The van der Waals surface area contributed by atoms with Gasteiger partial charge in [0.25, 0.3) is 0 Å². The lowest BCUT2D eigenvalue weighted by molar-refractivity contribution is -0.117. The van der Waals surface area contributed by atoms with Crippen molar-refractivity contribution in [1.29, 1.82) is 5.26 Å². The number of nitriles is 1. The second-order valence-electron chi connectivity index (χ2n) is 2.29. The van der Waals surface area contributed by atoms with E-state index in [9.17, 15) is 4.79 Å². The minimum atomic E-state index is -0.424. The summed E-state index contributed by atoms with van der Waals surface area (Å²) in [7, 11) is 0. The molecule has 0 aromatic carbocycles. The smallest absolute Gasteiger partial charge is 0.223 e. The Morgan fingerprint density at radius 2 is 2.42 bits per heavy atom. The predicted molar refractivity (Wildman–Crippen MR) is 41.9 cm³/mol. The molecule has 12 heavy (non-hydrogen) atoms. The van der Waals surface area contributed by atoms with E-state index in [0.29, 0.717) is 11.3 Å². The average molecular weight is 161 g/mol. The van der Waals surface area contributed by atoms with E-state index in [1.165, 1.54) is 6.20 Å². The maximum atomic E-state index is 10.4. The van der Waals surface area contributed by atoms with Crippen LogP contribution in [0.2, 0.25) is 0 Å². The van der Waals surface area contributed by atoms with E-state index in [2.05, 4.69) is 4.98 Å². The SMILES string of the molecule is N#Cc1ccc(CC(N)=O)nc1. The van der Waals surface area contributed by atoms with Crippen molar-refractivity contribution >= 4 is 5.91 Å². The van der Waals surface area contributed by atoms with Gasteiger partial charge in [0.15, 0.2) is 0 Å². The monoisotopic (exact) mass is 161 g/mol. The number of pyridine rings is 1. The molecule has 1 amide bonds. The highest BCUT2D eigenvalue weighted by atomic mass is 16.1. The Morgan fingerprint density at radius 3 is 2.83 bits per heavy atom. The fourth-order valence-electron chi connectivity index (χ4n) is 0.774. The number of rotatable bonds is 2. The molecule has 60 valence electrons. The van der Waals surface area contributed by atoms with Crippen molar-refractivity contribution in [3.8, 4) is 6.07 Å². The fourth-order valence-corrected chi connectivity index (χ4v) is 0.774. The third-order valence-electron chi connectivity index (χ3n) is 1.31. The first-order chi connectivity index (χ1) is 5.72. The number of carbonyl (C=O) groups is 1. The Kier molecular flexibility index (Phi) is 2.38. The number of amides is 1. The number of nitrogens with two attached hydrogens (primary N) is 1. The number of primary amides is 1. The van der Waals surface area contributed by atoms with E-state index in [1.807, 2.05) is 6.07 Å². The van der Waals surface area contributed by atoms with Gasteiger partial charge in [-0.1, -0.05) is 0 Å². The van der Waals surface area contributed by atoms with E-state index in [-0.39, 0.29) is 6.42 Å². The highest BCUT2D eigenvalue weighted by molar-refractivity contribution is 5.76. The lowest BCUT2D eigenvalue weighted by Crippen LogP contribution is -2.14. The molecule has 1 rings (SSSR count). The van der Waals surface area contributed by atoms with Crippen LogP contribution >= 0.6 is 0 Å². The predicted octanol–water partition coefficient (Wildman–Crippen LogP) is -0.0189. The maximum Gasteiger partial charge on any atom is 0.223 e. The zero-order chi connectivity index (χ0) is 8.97. The topological polar surface area (TPSA) is 79.8 Å². The van der Waals surface area contributed by atoms with Gasteiger partial charge in [0, 0.05) is 11.9 Å². The van der Waals surface area contributed by atoms with E-state index in [4.69, 9.17) is 11.0 Å². The van der Waals surface area contributed by atoms with E-state index in [0.717, 1.165) is 0 Å². The molecule has 0 spiro atoms. The third-order valence-corrected chi connectivity index (χ3v) is 1.31. The molecule has 1 heterocycles. The summed E-state index contributed by atoms with van der Waals surface area (Å²) >= 11 is 0. The molecule has 0 radical (unpaired) electrons. The van der Waals surface area contributed by atoms with Crippen LogP contribution in [0.25, 0.3) is 0 Å². The molecule has 0 atom stereocenters. The molecule has 1 aromatic rings. The normalized spacial score (nSPS) is 8.92. The van der Waals surface area contributed by atoms with Crippen LogP contribution < -0.4 is 5.73 Å². The molecule has 0 bridgehead atoms. The highest BCUT2D eigenvalue weighted by Crippen LogP contribution is 1.98. The molecule has 4 heteroatoms. The van der Waals surface area contributed by atoms with Crippen LogP contribution in [0.15, 0.2) is 18.3 Å². The average Bonchev–Trinajstić information content (AvgIpc) is 2.05. The second kappa shape index (κ2) is 3.49. The summed E-state index contributed by atoms with van der Waals surface area (Å²) in [5.41, 5.74) is 6.01. The standard InChI is InChI=1S/C8H7N3O/c9-4-6-1-2-7(11-5-6)3-8(10)12/h1-2,5H,3H2,(H2,10,12). The van der Waals surface area contributed by atoms with Gasteiger partial charge in [-0.05, 0) is 12.1 Å². The molecular weight excluding hydrogens is 154 g/mol. The van der Waals surface area contributed by atoms with Crippen LogP contribution in [-0.2, 0) is 11.2 Å². The quantitative estimate of drug-likeness (QED) is 0.662. The zero-order valence-corrected chi connectivity index (χ0v) is 6.32. The second-order valence-corrected chi connectivity index (χ2v) is 2.29. The van der Waals surface area contributed by atoms with Gasteiger partial charge >= 0.3 is 0 Å². The van der Waals surface area contributed by atoms with Crippen molar-refractivity contribution in [2.24, 2.45) is 5.73 Å². The molecule has 0 saturated carbocycles. The van der Waals surface area contributed by atoms with Gasteiger partial charge in [-0.15, -0.1) is 0 Å². The third kappa shape index (κ3) is 2.06. The van der Waals surface area contributed by atoms with Gasteiger partial charge in [-0.3, -0.25) is 9.78 Å². The van der Waals surface area contributed by atoms with E-state index in [1.54, 1.807) is 12.1 Å². The van der Waals surface area contributed by atoms with Gasteiger partial charge in [0.2, 0.25) is 5.91 Å². The Bertz CT molecular complexity index is 323. The number of aromatic nitrogens is 1. The molecule has 4 nitrogen and oxygen atoms in total. The molecule has 0 aliphatic rings. The van der Waals surface area contributed by atoms with Crippen molar-refractivity contribution in [3.63, 3.8) is 0 Å². The molecule has 0 aliphatic carbocycles. The first-order valence-corrected chi connectivity index (χ1v) is 3.35. The molecule has 0 aliphatic heterocycles. The molecule has 1 aromatic heterocycles. The zero-order valence-electron chi connectivity index (χ0n) is 6.32. The van der Waals surface area contributed by atoms with Gasteiger partial charge in [0.1, 0.15) is 6.07 Å². The van der Waals surface area contributed by atoms with Crippen LogP contribution in [0.1, 0.15) is 11.3 Å².